The quantitative estimate of drug-likeness (QED) is 0.893. The fourth-order valence-electron chi connectivity index (χ4n) is 3.84. The molecule has 3 nitrogen and oxygen atoms in total. The predicted molar refractivity (Wildman–Crippen MR) is 85.2 cm³/mol. The van der Waals surface area contributed by atoms with Gasteiger partial charge in [-0.05, 0) is 44.1 Å². The Morgan fingerprint density at radius 1 is 1.33 bits per heavy atom. The van der Waals surface area contributed by atoms with Crippen LogP contribution < -0.4 is 10.6 Å². The lowest BCUT2D eigenvalue weighted by Crippen LogP contribution is -2.43. The molecule has 1 saturated carbocycles. The Morgan fingerprint density at radius 3 is 3.00 bits per heavy atom. The van der Waals surface area contributed by atoms with Crippen molar-refractivity contribution in [2.75, 3.05) is 6.54 Å². The summed E-state index contributed by atoms with van der Waals surface area (Å²) >= 11 is 0. The molecule has 3 rings (SSSR count). The summed E-state index contributed by atoms with van der Waals surface area (Å²) in [7, 11) is 0. The van der Waals surface area contributed by atoms with Crippen molar-refractivity contribution in [1.82, 2.24) is 10.6 Å². The van der Waals surface area contributed by atoms with E-state index < -0.39 is 0 Å². The molecule has 1 aliphatic heterocycles. The topological polar surface area (TPSA) is 41.1 Å². The van der Waals surface area contributed by atoms with Crippen molar-refractivity contribution >= 4 is 5.91 Å². The lowest BCUT2D eigenvalue weighted by atomic mass is 9.85. The summed E-state index contributed by atoms with van der Waals surface area (Å²) in [5.41, 5.74) is 2.57. The van der Waals surface area contributed by atoms with E-state index in [0.717, 1.165) is 25.3 Å². The molecule has 0 bridgehead atoms. The Labute approximate surface area is 127 Å². The van der Waals surface area contributed by atoms with Crippen LogP contribution in [0.3, 0.4) is 0 Å². The largest absolute Gasteiger partial charge is 0.354 e. The summed E-state index contributed by atoms with van der Waals surface area (Å²) in [5.74, 6) is 0.920. The lowest BCUT2D eigenvalue weighted by molar-refractivity contribution is -0.122. The first kappa shape index (κ1) is 14.6. The summed E-state index contributed by atoms with van der Waals surface area (Å²) in [6.07, 6.45) is 7.14. The number of aryl methyl sites for hydroxylation is 1. The van der Waals surface area contributed by atoms with Crippen molar-refractivity contribution in [1.29, 1.82) is 0 Å². The maximum atomic E-state index is 12.3. The number of benzene rings is 1. The zero-order valence-electron chi connectivity index (χ0n) is 12.9. The van der Waals surface area contributed by atoms with Crippen LogP contribution in [0.15, 0.2) is 24.3 Å². The molecule has 1 heterocycles. The average Bonchev–Trinajstić information content (AvgIpc) is 2.91. The van der Waals surface area contributed by atoms with Gasteiger partial charge < -0.3 is 10.6 Å². The van der Waals surface area contributed by atoms with E-state index in [1.165, 1.54) is 36.8 Å². The van der Waals surface area contributed by atoms with Gasteiger partial charge in [-0.25, -0.2) is 0 Å². The first-order chi connectivity index (χ1) is 10.2. The van der Waals surface area contributed by atoms with Gasteiger partial charge in [0.2, 0.25) is 5.91 Å². The molecule has 3 unspecified atom stereocenters. The number of hydrogen-bond donors (Lipinski definition) is 2. The summed E-state index contributed by atoms with van der Waals surface area (Å²) in [6, 6.07) is 9.12. The third-order valence-electron chi connectivity index (χ3n) is 4.97. The Balaban J connectivity index is 1.44. The average molecular weight is 286 g/mol. The zero-order valence-corrected chi connectivity index (χ0v) is 12.9. The second kappa shape index (κ2) is 6.61. The SMILES string of the molecule is Cc1cccc(CCNC(=O)C2CC3CCCCC3N2)c1. The number of carbonyl (C=O) groups excluding carboxylic acids is 1. The highest BCUT2D eigenvalue weighted by Gasteiger charge is 2.37. The minimum atomic E-state index is 0.0376. The molecular weight excluding hydrogens is 260 g/mol. The minimum Gasteiger partial charge on any atom is -0.354 e. The van der Waals surface area contributed by atoms with Crippen molar-refractivity contribution in [2.45, 2.75) is 57.5 Å². The van der Waals surface area contributed by atoms with Gasteiger partial charge in [-0.15, -0.1) is 0 Å². The minimum absolute atomic E-state index is 0.0376. The summed E-state index contributed by atoms with van der Waals surface area (Å²) < 4.78 is 0. The maximum absolute atomic E-state index is 12.3. The first-order valence-corrected chi connectivity index (χ1v) is 8.31. The highest BCUT2D eigenvalue weighted by atomic mass is 16.2. The molecule has 0 spiro atoms. The second-order valence-electron chi connectivity index (χ2n) is 6.64. The number of rotatable bonds is 4. The van der Waals surface area contributed by atoms with Gasteiger partial charge in [-0.1, -0.05) is 42.7 Å². The van der Waals surface area contributed by atoms with Crippen molar-refractivity contribution in [3.63, 3.8) is 0 Å². The van der Waals surface area contributed by atoms with Crippen LogP contribution in [-0.2, 0) is 11.2 Å². The molecule has 21 heavy (non-hydrogen) atoms. The molecule has 1 aromatic rings. The van der Waals surface area contributed by atoms with E-state index in [4.69, 9.17) is 0 Å². The van der Waals surface area contributed by atoms with E-state index in [9.17, 15) is 4.79 Å². The van der Waals surface area contributed by atoms with Gasteiger partial charge in [0.15, 0.2) is 0 Å². The monoisotopic (exact) mass is 286 g/mol. The van der Waals surface area contributed by atoms with Crippen LogP contribution in [-0.4, -0.2) is 24.5 Å². The number of nitrogens with one attached hydrogen (secondary N) is 2. The number of carbonyl (C=O) groups is 1. The van der Waals surface area contributed by atoms with Gasteiger partial charge in [0.25, 0.3) is 0 Å². The molecule has 3 atom stereocenters. The molecule has 3 heteroatoms. The molecule has 2 fully saturated rings. The van der Waals surface area contributed by atoms with Crippen LogP contribution in [0.2, 0.25) is 0 Å². The van der Waals surface area contributed by atoms with Crippen molar-refractivity contribution < 1.29 is 4.79 Å². The third kappa shape index (κ3) is 3.65. The Kier molecular flexibility index (Phi) is 4.59. The molecule has 2 aliphatic rings. The Hall–Kier alpha value is -1.35. The van der Waals surface area contributed by atoms with E-state index in [0.29, 0.717) is 6.04 Å². The lowest BCUT2D eigenvalue weighted by Gasteiger charge is -2.24. The summed E-state index contributed by atoms with van der Waals surface area (Å²) in [4.78, 5) is 12.3. The summed E-state index contributed by atoms with van der Waals surface area (Å²) in [5, 5.41) is 6.64. The van der Waals surface area contributed by atoms with Crippen molar-refractivity contribution in [3.8, 4) is 0 Å². The predicted octanol–water partition coefficient (Wildman–Crippen LogP) is 2.57. The third-order valence-corrected chi connectivity index (χ3v) is 4.97. The normalized spacial score (nSPS) is 28.1. The van der Waals surface area contributed by atoms with Crippen LogP contribution in [0.5, 0.6) is 0 Å². The first-order valence-electron chi connectivity index (χ1n) is 8.31. The van der Waals surface area contributed by atoms with E-state index in [-0.39, 0.29) is 11.9 Å². The molecule has 1 saturated heterocycles. The fraction of sp³-hybridized carbons (Fsp3) is 0.611. The number of fused-ring (bicyclic) bond motifs is 1. The van der Waals surface area contributed by atoms with E-state index >= 15 is 0 Å². The molecule has 1 aliphatic carbocycles. The Bertz CT molecular complexity index is 486. The van der Waals surface area contributed by atoms with E-state index in [2.05, 4.69) is 41.8 Å². The molecule has 0 radical (unpaired) electrons. The Morgan fingerprint density at radius 2 is 2.19 bits per heavy atom. The standard InChI is InChI=1S/C18H26N2O/c1-13-5-4-6-14(11-13)9-10-19-18(21)17-12-15-7-2-3-8-16(15)20-17/h4-6,11,15-17,20H,2-3,7-10,12H2,1H3,(H,19,21). The molecular formula is C18H26N2O. The number of amides is 1. The van der Waals surface area contributed by atoms with Crippen LogP contribution in [0.1, 0.15) is 43.2 Å². The van der Waals surface area contributed by atoms with E-state index in [1.807, 2.05) is 0 Å². The molecule has 2 N–H and O–H groups in total. The summed E-state index contributed by atoms with van der Waals surface area (Å²) in [6.45, 7) is 2.84. The maximum Gasteiger partial charge on any atom is 0.237 e. The van der Waals surface area contributed by atoms with Gasteiger partial charge >= 0.3 is 0 Å². The molecule has 1 amide bonds. The van der Waals surface area contributed by atoms with E-state index in [1.54, 1.807) is 0 Å². The second-order valence-corrected chi connectivity index (χ2v) is 6.64. The zero-order chi connectivity index (χ0) is 14.7. The van der Waals surface area contributed by atoms with Crippen molar-refractivity contribution in [2.24, 2.45) is 5.92 Å². The smallest absolute Gasteiger partial charge is 0.237 e. The highest BCUT2D eigenvalue weighted by Crippen LogP contribution is 2.33. The fourth-order valence-corrected chi connectivity index (χ4v) is 3.84. The molecule has 1 aromatic carbocycles. The van der Waals surface area contributed by atoms with Gasteiger partial charge in [-0.3, -0.25) is 4.79 Å². The van der Waals surface area contributed by atoms with Crippen LogP contribution in [0.25, 0.3) is 0 Å². The van der Waals surface area contributed by atoms with Crippen molar-refractivity contribution in [3.05, 3.63) is 35.4 Å². The molecule has 114 valence electrons. The van der Waals surface area contributed by atoms with Gasteiger partial charge in [0.1, 0.15) is 0 Å². The number of hydrogen-bond acceptors (Lipinski definition) is 2. The van der Waals surface area contributed by atoms with Gasteiger partial charge in [0, 0.05) is 12.6 Å². The molecule has 0 aromatic heterocycles. The van der Waals surface area contributed by atoms with Crippen LogP contribution in [0, 0.1) is 12.8 Å². The highest BCUT2D eigenvalue weighted by molar-refractivity contribution is 5.82. The van der Waals surface area contributed by atoms with Gasteiger partial charge in [0.05, 0.1) is 6.04 Å². The van der Waals surface area contributed by atoms with Crippen LogP contribution in [0.4, 0.5) is 0 Å². The van der Waals surface area contributed by atoms with Gasteiger partial charge in [-0.2, -0.15) is 0 Å². The van der Waals surface area contributed by atoms with Crippen LogP contribution >= 0.6 is 0 Å².